The summed E-state index contributed by atoms with van der Waals surface area (Å²) < 4.78 is 14.7. The highest BCUT2D eigenvalue weighted by atomic mass is 19.1. The molecule has 2 heterocycles. The van der Waals surface area contributed by atoms with Gasteiger partial charge in [0.2, 0.25) is 0 Å². The molecule has 0 radical (unpaired) electrons. The van der Waals surface area contributed by atoms with Crippen LogP contribution < -0.4 is 0 Å². The van der Waals surface area contributed by atoms with Crippen LogP contribution in [0.3, 0.4) is 0 Å². The number of amides is 1. The van der Waals surface area contributed by atoms with E-state index >= 15 is 0 Å². The highest BCUT2D eigenvalue weighted by Gasteiger charge is 2.42. The van der Waals surface area contributed by atoms with E-state index in [9.17, 15) is 14.3 Å². The summed E-state index contributed by atoms with van der Waals surface area (Å²) in [5.41, 5.74) is 3.38. The number of benzene rings is 2. The summed E-state index contributed by atoms with van der Waals surface area (Å²) in [6.45, 7) is 2.20. The molecule has 0 bridgehead atoms. The molecule has 0 saturated carbocycles. The first-order valence-corrected chi connectivity index (χ1v) is 9.00. The minimum absolute atomic E-state index is 0.236. The Balaban J connectivity index is 1.84. The minimum Gasteiger partial charge on any atom is -0.503 e. The van der Waals surface area contributed by atoms with Gasteiger partial charge in [-0.1, -0.05) is 48.0 Å². The van der Waals surface area contributed by atoms with Crippen molar-refractivity contribution in [3.05, 3.63) is 107 Å². The van der Waals surface area contributed by atoms with Gasteiger partial charge in [-0.15, -0.1) is 0 Å². The Bertz CT molecular complexity index is 1050. The molecule has 4 nitrogen and oxygen atoms in total. The van der Waals surface area contributed by atoms with Gasteiger partial charge in [0, 0.05) is 30.1 Å². The second-order valence-electron chi connectivity index (χ2n) is 6.84. The zero-order valence-electron chi connectivity index (χ0n) is 15.3. The Kier molecular flexibility index (Phi) is 4.65. The predicted molar refractivity (Wildman–Crippen MR) is 105 cm³/mol. The first-order valence-electron chi connectivity index (χ1n) is 9.00. The normalized spacial score (nSPS) is 16.7. The van der Waals surface area contributed by atoms with Crippen LogP contribution in [0.1, 0.15) is 28.3 Å². The van der Waals surface area contributed by atoms with Crippen LogP contribution >= 0.6 is 0 Å². The molecule has 4 rings (SSSR count). The molecule has 1 amide bonds. The quantitative estimate of drug-likeness (QED) is 0.727. The average molecular weight is 374 g/mol. The summed E-state index contributed by atoms with van der Waals surface area (Å²) in [5, 5.41) is 10.7. The lowest BCUT2D eigenvalue weighted by molar-refractivity contribution is -0.130. The van der Waals surface area contributed by atoms with Crippen molar-refractivity contribution >= 4 is 11.5 Å². The number of aliphatic hydroxyl groups is 1. The molecule has 1 atom stereocenters. The third-order valence-corrected chi connectivity index (χ3v) is 4.97. The van der Waals surface area contributed by atoms with E-state index in [0.717, 1.165) is 11.1 Å². The summed E-state index contributed by atoms with van der Waals surface area (Å²) in [4.78, 5) is 18.4. The molecule has 3 aromatic rings. The number of aromatic nitrogens is 1. The number of halogens is 1. The second-order valence-corrected chi connectivity index (χ2v) is 6.84. The topological polar surface area (TPSA) is 53.4 Å². The van der Waals surface area contributed by atoms with Crippen molar-refractivity contribution in [3.8, 4) is 0 Å². The molecule has 1 aliphatic rings. The van der Waals surface area contributed by atoms with Crippen LogP contribution in [0.15, 0.2) is 78.8 Å². The van der Waals surface area contributed by atoms with Gasteiger partial charge < -0.3 is 10.0 Å². The monoisotopic (exact) mass is 374 g/mol. The fourth-order valence-electron chi connectivity index (χ4n) is 3.55. The van der Waals surface area contributed by atoms with E-state index in [2.05, 4.69) is 4.98 Å². The number of aliphatic hydroxyl groups excluding tert-OH is 1. The summed E-state index contributed by atoms with van der Waals surface area (Å²) in [7, 11) is 0. The summed E-state index contributed by atoms with van der Waals surface area (Å²) in [6.07, 6.45) is 3.28. The second kappa shape index (κ2) is 7.27. The molecule has 28 heavy (non-hydrogen) atoms. The Morgan fingerprint density at radius 1 is 1.04 bits per heavy atom. The number of hydrogen-bond donors (Lipinski definition) is 1. The van der Waals surface area contributed by atoms with Gasteiger partial charge in [-0.05, 0) is 36.2 Å². The fraction of sp³-hybridized carbons (Fsp3) is 0.130. The lowest BCUT2D eigenvalue weighted by atomic mass is 9.92. The maximum Gasteiger partial charge on any atom is 0.290 e. The predicted octanol–water partition coefficient (Wildman–Crippen LogP) is 4.58. The van der Waals surface area contributed by atoms with E-state index in [1.54, 1.807) is 42.7 Å². The third-order valence-electron chi connectivity index (χ3n) is 4.97. The van der Waals surface area contributed by atoms with E-state index < -0.39 is 17.8 Å². The van der Waals surface area contributed by atoms with Crippen molar-refractivity contribution in [2.75, 3.05) is 0 Å². The van der Waals surface area contributed by atoms with Crippen molar-refractivity contribution in [1.82, 2.24) is 9.88 Å². The Labute approximate surface area is 162 Å². The highest BCUT2D eigenvalue weighted by Crippen LogP contribution is 2.44. The van der Waals surface area contributed by atoms with Crippen LogP contribution in [0.25, 0.3) is 5.57 Å². The van der Waals surface area contributed by atoms with Gasteiger partial charge in [-0.2, -0.15) is 0 Å². The van der Waals surface area contributed by atoms with Crippen molar-refractivity contribution in [3.63, 3.8) is 0 Å². The van der Waals surface area contributed by atoms with Gasteiger partial charge in [-0.25, -0.2) is 4.39 Å². The Hall–Kier alpha value is -3.47. The van der Waals surface area contributed by atoms with Crippen LogP contribution in [0.5, 0.6) is 0 Å². The molecule has 5 heteroatoms. The number of carbonyl (C=O) groups is 1. The van der Waals surface area contributed by atoms with Crippen molar-refractivity contribution in [1.29, 1.82) is 0 Å². The van der Waals surface area contributed by atoms with Crippen molar-refractivity contribution < 1.29 is 14.3 Å². The zero-order valence-corrected chi connectivity index (χ0v) is 15.3. The first kappa shape index (κ1) is 17.9. The first-order chi connectivity index (χ1) is 13.6. The maximum atomic E-state index is 14.7. The SMILES string of the molecule is Cc1ccc(C2=C(O)C(=O)N(Cc3ccncc3)C2c2ccccc2F)cc1. The van der Waals surface area contributed by atoms with E-state index in [0.29, 0.717) is 16.7 Å². The molecule has 0 fully saturated rings. The summed E-state index contributed by atoms with van der Waals surface area (Å²) in [5.74, 6) is -1.27. The molecule has 0 spiro atoms. The number of carbonyl (C=O) groups excluding carboxylic acids is 1. The molecular formula is C23H19FN2O2. The van der Waals surface area contributed by atoms with E-state index in [4.69, 9.17) is 0 Å². The number of rotatable bonds is 4. The molecule has 1 unspecified atom stereocenters. The molecule has 1 aromatic heterocycles. The maximum absolute atomic E-state index is 14.7. The highest BCUT2D eigenvalue weighted by molar-refractivity contribution is 6.05. The van der Waals surface area contributed by atoms with Crippen LogP contribution in [0.2, 0.25) is 0 Å². The van der Waals surface area contributed by atoms with Gasteiger partial charge in [-0.3, -0.25) is 9.78 Å². The summed E-state index contributed by atoms with van der Waals surface area (Å²) in [6, 6.07) is 16.7. The van der Waals surface area contributed by atoms with Crippen molar-refractivity contribution in [2.24, 2.45) is 0 Å². The number of pyridine rings is 1. The summed E-state index contributed by atoms with van der Waals surface area (Å²) >= 11 is 0. The van der Waals surface area contributed by atoms with Crippen LogP contribution in [-0.2, 0) is 11.3 Å². The number of nitrogens with zero attached hydrogens (tertiary/aromatic N) is 2. The molecular weight excluding hydrogens is 355 g/mol. The number of hydrogen-bond acceptors (Lipinski definition) is 3. The molecule has 140 valence electrons. The van der Waals surface area contributed by atoms with E-state index in [1.165, 1.54) is 11.0 Å². The van der Waals surface area contributed by atoms with E-state index in [-0.39, 0.29) is 12.3 Å². The van der Waals surface area contributed by atoms with Crippen molar-refractivity contribution in [2.45, 2.75) is 19.5 Å². The smallest absolute Gasteiger partial charge is 0.290 e. The Morgan fingerprint density at radius 3 is 2.39 bits per heavy atom. The van der Waals surface area contributed by atoms with E-state index in [1.807, 2.05) is 31.2 Å². The molecule has 0 saturated heterocycles. The molecule has 2 aromatic carbocycles. The average Bonchev–Trinajstić information content (AvgIpc) is 2.95. The third kappa shape index (κ3) is 3.16. The zero-order chi connectivity index (χ0) is 19.7. The standard InChI is InChI=1S/C23H19FN2O2/c1-15-6-8-17(9-7-15)20-21(18-4-2-3-5-19(18)24)26(23(28)22(20)27)14-16-10-12-25-13-11-16/h2-13,21,27H,14H2,1H3. The molecule has 0 aliphatic carbocycles. The molecule has 1 N–H and O–H groups in total. The van der Waals surface area contributed by atoms with Gasteiger partial charge in [0.1, 0.15) is 5.82 Å². The van der Waals surface area contributed by atoms with Crippen LogP contribution in [0, 0.1) is 12.7 Å². The minimum atomic E-state index is -0.718. The van der Waals surface area contributed by atoms with Gasteiger partial charge in [0.05, 0.1) is 6.04 Å². The van der Waals surface area contributed by atoms with Gasteiger partial charge in [0.15, 0.2) is 5.76 Å². The van der Waals surface area contributed by atoms with Crippen LogP contribution in [-0.4, -0.2) is 20.9 Å². The van der Waals surface area contributed by atoms with Gasteiger partial charge in [0.25, 0.3) is 5.91 Å². The lowest BCUT2D eigenvalue weighted by Crippen LogP contribution is -2.30. The fourth-order valence-corrected chi connectivity index (χ4v) is 3.55. The largest absolute Gasteiger partial charge is 0.503 e. The van der Waals surface area contributed by atoms with Crippen LogP contribution in [0.4, 0.5) is 4.39 Å². The molecule has 1 aliphatic heterocycles. The number of aryl methyl sites for hydroxylation is 1. The lowest BCUT2D eigenvalue weighted by Gasteiger charge is -2.27. The van der Waals surface area contributed by atoms with Gasteiger partial charge >= 0.3 is 0 Å². The Morgan fingerprint density at radius 2 is 1.71 bits per heavy atom.